The molecule has 9 aromatic heterocycles. The molecule has 0 bridgehead atoms. The third-order valence-electron chi connectivity index (χ3n) is 27.5. The monoisotopic (exact) mass is 1970 g/mol. The minimum Gasteiger partial charge on any atom is -0.238 e. The molecule has 0 radical (unpaired) electrons. The fraction of sp³-hybridized carbons (Fsp3) is 0. The second kappa shape index (κ2) is 37.4. The SMILES string of the molecule is [C-]#[N+]c1ccc2sc3c(-c4cccc(-c5cccc(-c6nc(-c7ccccc7)c7sc8ccccc8c7n6)c5)c4)cccc3c2c1.c1ccc(-c2cccc(-c3cccc(-c4nc(-c5cccc(-c6cccc7c6sc6ccccc67)c5)nc5c4sc4ccccc45)c3)c2)cc1.c1ccc(-c2cccc(-c3nc(-c4cccc(-c5cccc(-c6cccc7c6sc6ccccc67)c5)c4)c4sc5ccccc5c4n3)c2)cc1. The molecule has 29 aromatic rings. The number of benzene rings is 20. The number of hydrogen-bond acceptors (Lipinski definition) is 12. The summed E-state index contributed by atoms with van der Waals surface area (Å²) in [6.45, 7) is 7.46. The van der Waals surface area contributed by atoms with Gasteiger partial charge in [0.1, 0.15) is 0 Å². The normalized spacial score (nSPS) is 11.6. The van der Waals surface area contributed by atoms with Gasteiger partial charge in [0.2, 0.25) is 0 Å². The van der Waals surface area contributed by atoms with Crippen molar-refractivity contribution in [2.45, 2.75) is 0 Å². The summed E-state index contributed by atoms with van der Waals surface area (Å²) < 4.78 is 14.7. The van der Waals surface area contributed by atoms with Crippen molar-refractivity contribution < 1.29 is 0 Å². The van der Waals surface area contributed by atoms with Gasteiger partial charge in [0.05, 0.1) is 54.3 Å². The number of nitrogens with zero attached hydrogens (tertiary/aromatic N) is 7. The number of hydrogen-bond donors (Lipinski definition) is 0. The topological polar surface area (TPSA) is 81.7 Å². The second-order valence-corrected chi connectivity index (χ2v) is 42.7. The van der Waals surface area contributed by atoms with E-state index in [0.29, 0.717) is 5.69 Å². The zero-order valence-electron chi connectivity index (χ0n) is 78.2. The van der Waals surface area contributed by atoms with E-state index in [0.717, 1.165) is 148 Å². The molecule has 0 unspecified atom stereocenters. The first kappa shape index (κ1) is 87.5. The summed E-state index contributed by atoms with van der Waals surface area (Å²) in [5.41, 5.74) is 31.7. The molecule has 9 heterocycles. The molecule has 0 saturated carbocycles. The van der Waals surface area contributed by atoms with Crippen LogP contribution in [-0.2, 0) is 0 Å². The van der Waals surface area contributed by atoms with Crippen molar-refractivity contribution in [2.75, 3.05) is 0 Å². The lowest BCUT2D eigenvalue weighted by molar-refractivity contribution is 1.24. The van der Waals surface area contributed by atoms with Gasteiger partial charge in [-0.15, -0.1) is 68.0 Å². The molecule has 29 rings (SSSR count). The number of rotatable bonds is 14. The Labute approximate surface area is 865 Å². The van der Waals surface area contributed by atoms with E-state index in [4.69, 9.17) is 36.5 Å². The molecule has 0 amide bonds. The molecular weight excluding hydrogens is 1890 g/mol. The summed E-state index contributed by atoms with van der Waals surface area (Å²) in [4.78, 5) is 35.2. The van der Waals surface area contributed by atoms with E-state index in [9.17, 15) is 0 Å². The largest absolute Gasteiger partial charge is 0.238 e. The molecule has 146 heavy (non-hydrogen) atoms. The number of thiophene rings is 6. The van der Waals surface area contributed by atoms with Gasteiger partial charge >= 0.3 is 0 Å². The Kier molecular flexibility index (Phi) is 22.4. The van der Waals surface area contributed by atoms with E-state index in [2.05, 4.69) is 466 Å². The minimum absolute atomic E-state index is 0.672. The summed E-state index contributed by atoms with van der Waals surface area (Å²) in [6.07, 6.45) is 0. The Morgan fingerprint density at radius 3 is 0.733 bits per heavy atom. The van der Waals surface area contributed by atoms with Crippen LogP contribution in [0.15, 0.2) is 479 Å². The first-order valence-corrected chi connectivity index (χ1v) is 53.4. The van der Waals surface area contributed by atoms with Gasteiger partial charge < -0.3 is 0 Å². The molecule has 0 aliphatic carbocycles. The van der Waals surface area contributed by atoms with Gasteiger partial charge in [-0.05, 0) is 185 Å². The van der Waals surface area contributed by atoms with Crippen LogP contribution in [0.5, 0.6) is 0 Å². The molecule has 0 spiro atoms. The molecule has 7 nitrogen and oxygen atoms in total. The van der Waals surface area contributed by atoms with Crippen molar-refractivity contribution in [3.05, 3.63) is 491 Å². The third-order valence-corrected chi connectivity index (χ3v) is 34.7. The van der Waals surface area contributed by atoms with Crippen LogP contribution in [0.2, 0.25) is 0 Å². The van der Waals surface area contributed by atoms with Gasteiger partial charge in [0, 0.05) is 113 Å². The molecule has 682 valence electrons. The van der Waals surface area contributed by atoms with E-state index in [1.54, 1.807) is 45.3 Å². The van der Waals surface area contributed by atoms with Crippen LogP contribution in [-0.4, -0.2) is 29.9 Å². The van der Waals surface area contributed by atoms with E-state index < -0.39 is 0 Å². The maximum absolute atomic E-state index is 7.46. The van der Waals surface area contributed by atoms with Crippen LogP contribution in [0.3, 0.4) is 0 Å². The standard InChI is InChI=1S/2C46H28N2S2.C41H23N3S2/c1-2-12-29(13-3-1)30-14-10-19-35(28-30)46-47-42(45-43(48-46)39-21-5-7-25-41(39)50-45)34-18-9-16-32(27-34)31-15-8-17-33(26-31)36-22-11-23-38-37-20-4-6-24-40(37)49-44(36)38;1-2-12-29(13-3-1)30-14-8-15-31(26-30)32-16-9-18-34(27-32)42-45-43(39-21-5-7-25-41(39)50-45)48-46(47-42)35-19-10-17-33(28-35)36-22-11-23-38-37-20-4-6-24-40(37)49-44(36)38;1-42-30-20-21-36-34(24-30)32-18-9-17-31(39(32)45-36)28-14-7-12-26(22-28)27-13-8-15-29(23-27)41-43-37(25-10-3-2-4-11-25)40-38(44-41)33-16-5-6-19-35(33)46-40/h2*1-28H;2-24H. The summed E-state index contributed by atoms with van der Waals surface area (Å²) in [5.74, 6) is 2.19. The Morgan fingerprint density at radius 2 is 0.377 bits per heavy atom. The number of aromatic nitrogens is 6. The fourth-order valence-electron chi connectivity index (χ4n) is 20.4. The van der Waals surface area contributed by atoms with E-state index in [-0.39, 0.29) is 0 Å². The lowest BCUT2D eigenvalue weighted by Gasteiger charge is -2.11. The molecular formula is C133H79N7S6. The van der Waals surface area contributed by atoms with Crippen molar-refractivity contribution in [3.63, 3.8) is 0 Å². The highest BCUT2D eigenvalue weighted by atomic mass is 32.1. The molecule has 0 fully saturated rings. The first-order chi connectivity index (χ1) is 72.3. The molecule has 0 atom stereocenters. The average molecular weight is 1970 g/mol. The third kappa shape index (κ3) is 16.2. The van der Waals surface area contributed by atoms with Gasteiger partial charge in [0.15, 0.2) is 23.2 Å². The summed E-state index contributed by atoms with van der Waals surface area (Å²) in [5, 5.41) is 11.1. The van der Waals surface area contributed by atoms with Crippen molar-refractivity contribution in [2.24, 2.45) is 0 Å². The van der Waals surface area contributed by atoms with Gasteiger partial charge in [-0.3, -0.25) is 0 Å². The summed E-state index contributed by atoms with van der Waals surface area (Å²) >= 11 is 10.8. The van der Waals surface area contributed by atoms with Gasteiger partial charge in [-0.2, -0.15) is 0 Å². The van der Waals surface area contributed by atoms with Crippen LogP contribution < -0.4 is 0 Å². The molecule has 13 heteroatoms. The molecule has 0 saturated heterocycles. The highest BCUT2D eigenvalue weighted by Gasteiger charge is 2.25. The predicted molar refractivity (Wildman–Crippen MR) is 626 cm³/mol. The van der Waals surface area contributed by atoms with Gasteiger partial charge in [-0.1, -0.05) is 394 Å². The quantitative estimate of drug-likeness (QED) is 0.101. The van der Waals surface area contributed by atoms with Crippen molar-refractivity contribution in [1.29, 1.82) is 0 Å². The molecule has 0 aliphatic heterocycles. The lowest BCUT2D eigenvalue weighted by Crippen LogP contribution is -1.94. The van der Waals surface area contributed by atoms with Crippen LogP contribution >= 0.6 is 68.0 Å². The Bertz CT molecular complexity index is 10300. The average Bonchev–Trinajstić information content (AvgIpc) is 1.58. The van der Waals surface area contributed by atoms with Crippen molar-refractivity contribution in [1.82, 2.24) is 29.9 Å². The zero-order chi connectivity index (χ0) is 96.7. The maximum atomic E-state index is 7.46. The summed E-state index contributed by atoms with van der Waals surface area (Å²) in [7, 11) is 0. The van der Waals surface area contributed by atoms with E-state index in [1.165, 1.54) is 130 Å². The molecule has 0 aliphatic rings. The van der Waals surface area contributed by atoms with Crippen molar-refractivity contribution >= 4 is 195 Å². The summed E-state index contributed by atoms with van der Waals surface area (Å²) in [6, 6.07) is 170. The molecule has 20 aromatic carbocycles. The highest BCUT2D eigenvalue weighted by molar-refractivity contribution is 7.28. The van der Waals surface area contributed by atoms with Crippen molar-refractivity contribution in [3.8, 4) is 157 Å². The lowest BCUT2D eigenvalue weighted by atomic mass is 9.96. The van der Waals surface area contributed by atoms with Crippen LogP contribution in [0.1, 0.15) is 0 Å². The Hall–Kier alpha value is -17.6. The fourth-order valence-corrected chi connectivity index (χ4v) is 27.6. The van der Waals surface area contributed by atoms with Crippen LogP contribution in [0.25, 0.3) is 283 Å². The first-order valence-electron chi connectivity index (χ1n) is 48.5. The van der Waals surface area contributed by atoms with Crippen LogP contribution in [0, 0.1) is 6.57 Å². The molecule has 0 N–H and O–H groups in total. The van der Waals surface area contributed by atoms with Gasteiger partial charge in [0.25, 0.3) is 0 Å². The van der Waals surface area contributed by atoms with E-state index >= 15 is 0 Å². The smallest absolute Gasteiger partial charge is 0.187 e. The second-order valence-electron chi connectivity index (χ2n) is 36.4. The Morgan fingerprint density at radius 1 is 0.151 bits per heavy atom. The van der Waals surface area contributed by atoms with Crippen LogP contribution in [0.4, 0.5) is 5.69 Å². The van der Waals surface area contributed by atoms with Gasteiger partial charge in [-0.25, -0.2) is 34.7 Å². The highest BCUT2D eigenvalue weighted by Crippen LogP contribution is 2.50. The Balaban J connectivity index is 0.000000109. The zero-order valence-corrected chi connectivity index (χ0v) is 83.1. The maximum Gasteiger partial charge on any atom is 0.187 e. The minimum atomic E-state index is 0.672. The predicted octanol–water partition coefficient (Wildman–Crippen LogP) is 39.5. The van der Waals surface area contributed by atoms with E-state index in [1.807, 2.05) is 40.9 Å². The number of fused-ring (bicyclic) bond motifs is 18.